The molecule has 0 aromatic rings. The van der Waals surface area contributed by atoms with Crippen molar-refractivity contribution in [2.45, 2.75) is 90.0 Å². The first-order valence-corrected chi connectivity index (χ1v) is 11.7. The van der Waals surface area contributed by atoms with Gasteiger partial charge in [-0.1, -0.05) is 47.0 Å². The lowest BCUT2D eigenvalue weighted by Crippen LogP contribution is -2.69. The Morgan fingerprint density at radius 2 is 1.73 bits per heavy atom. The van der Waals surface area contributed by atoms with Gasteiger partial charge in [-0.3, -0.25) is 4.79 Å². The van der Waals surface area contributed by atoms with Crippen LogP contribution in [0.2, 0.25) is 18.1 Å². The molecule has 0 radical (unpaired) electrons. The van der Waals surface area contributed by atoms with Crippen LogP contribution in [0.1, 0.15) is 66.2 Å². The summed E-state index contributed by atoms with van der Waals surface area (Å²) < 4.78 is 12.1. The highest BCUT2D eigenvalue weighted by Crippen LogP contribution is 2.64. The average Bonchev–Trinajstić information content (AvgIpc) is 2.50. The second kappa shape index (κ2) is 5.62. The zero-order valence-corrected chi connectivity index (χ0v) is 16.5. The minimum atomic E-state index is -1.93. The molecule has 3 nitrogen and oxygen atoms in total. The van der Waals surface area contributed by atoms with Crippen LogP contribution in [0.15, 0.2) is 0 Å². The maximum atomic E-state index is 12.4. The van der Waals surface area contributed by atoms with Crippen molar-refractivity contribution >= 4 is 14.3 Å². The van der Waals surface area contributed by atoms with E-state index in [1.165, 1.54) is 26.4 Å². The van der Waals surface area contributed by atoms with Crippen molar-refractivity contribution in [2.24, 2.45) is 11.3 Å². The third kappa shape index (κ3) is 2.66. The van der Waals surface area contributed by atoms with Gasteiger partial charge in [0, 0.05) is 0 Å². The molecule has 2 aliphatic rings. The maximum Gasteiger partial charge on any atom is 0.311 e. The van der Waals surface area contributed by atoms with Crippen LogP contribution in [-0.4, -0.2) is 27.0 Å². The number of hydrogen-bond acceptors (Lipinski definition) is 3. The smallest absolute Gasteiger partial charge is 0.311 e. The van der Waals surface area contributed by atoms with Gasteiger partial charge >= 0.3 is 5.97 Å². The van der Waals surface area contributed by atoms with E-state index < -0.39 is 8.32 Å². The molecule has 0 aromatic carbocycles. The van der Waals surface area contributed by atoms with E-state index in [9.17, 15) is 4.79 Å². The summed E-state index contributed by atoms with van der Waals surface area (Å²) in [4.78, 5) is 12.4. The molecule has 2 saturated carbocycles. The van der Waals surface area contributed by atoms with Gasteiger partial charge in [0.15, 0.2) is 8.32 Å². The van der Waals surface area contributed by atoms with Gasteiger partial charge in [-0.25, -0.2) is 0 Å². The molecule has 2 aliphatic carbocycles. The number of carbonyl (C=O) groups excluding carboxylic acids is 1. The molecule has 0 aromatic heterocycles. The van der Waals surface area contributed by atoms with E-state index >= 15 is 0 Å². The largest absolute Gasteiger partial charge is 0.469 e. The molecule has 0 saturated heterocycles. The normalized spacial score (nSPS) is 36.0. The number of hydrogen-bond donors (Lipinski definition) is 0. The summed E-state index contributed by atoms with van der Waals surface area (Å²) in [6, 6.07) is 0. The molecular weight excluding hydrogens is 292 g/mol. The quantitative estimate of drug-likeness (QED) is 0.546. The van der Waals surface area contributed by atoms with Crippen LogP contribution >= 0.6 is 0 Å². The number of fused-ring (bicyclic) bond motifs is 1. The van der Waals surface area contributed by atoms with E-state index in [2.05, 4.69) is 40.8 Å². The predicted octanol–water partition coefficient (Wildman–Crippen LogP) is 4.91. The highest BCUT2D eigenvalue weighted by molar-refractivity contribution is 6.74. The molecule has 22 heavy (non-hydrogen) atoms. The summed E-state index contributed by atoms with van der Waals surface area (Å²) in [5, 5.41) is 0.158. The van der Waals surface area contributed by atoms with Gasteiger partial charge in [0.2, 0.25) is 0 Å². The van der Waals surface area contributed by atoms with Crippen molar-refractivity contribution in [3.05, 3.63) is 0 Å². The Morgan fingerprint density at radius 1 is 1.14 bits per heavy atom. The van der Waals surface area contributed by atoms with Crippen molar-refractivity contribution < 1.29 is 14.0 Å². The summed E-state index contributed by atoms with van der Waals surface area (Å²) in [5.74, 6) is -0.146. The second-order valence-electron chi connectivity index (χ2n) is 9.15. The van der Waals surface area contributed by atoms with Gasteiger partial charge < -0.3 is 9.16 Å². The van der Waals surface area contributed by atoms with Gasteiger partial charge in [-0.05, 0) is 42.8 Å². The first-order chi connectivity index (χ1) is 9.99. The van der Waals surface area contributed by atoms with Crippen LogP contribution in [0.3, 0.4) is 0 Å². The van der Waals surface area contributed by atoms with Gasteiger partial charge in [0.25, 0.3) is 0 Å². The molecule has 0 unspecified atom stereocenters. The Morgan fingerprint density at radius 3 is 2.27 bits per heavy atom. The number of esters is 1. The van der Waals surface area contributed by atoms with E-state index in [0.29, 0.717) is 0 Å². The minimum Gasteiger partial charge on any atom is -0.469 e. The summed E-state index contributed by atoms with van der Waals surface area (Å²) in [6.07, 6.45) is 6.79. The van der Waals surface area contributed by atoms with Crippen molar-refractivity contribution in [3.8, 4) is 0 Å². The van der Waals surface area contributed by atoms with Gasteiger partial charge in [0.1, 0.15) is 0 Å². The van der Waals surface area contributed by atoms with Crippen LogP contribution in [-0.2, 0) is 14.0 Å². The Bertz CT molecular complexity index is 440. The maximum absolute atomic E-state index is 12.4. The molecule has 3 atom stereocenters. The molecular formula is C18H34O3Si. The Labute approximate surface area is 137 Å². The van der Waals surface area contributed by atoms with Crippen molar-refractivity contribution in [2.75, 3.05) is 7.11 Å². The summed E-state index contributed by atoms with van der Waals surface area (Å²) in [5.41, 5.74) is -0.155. The molecule has 0 N–H and O–H groups in total. The van der Waals surface area contributed by atoms with Crippen molar-refractivity contribution in [1.82, 2.24) is 0 Å². The molecule has 2 rings (SSSR count). The van der Waals surface area contributed by atoms with E-state index in [1.54, 1.807) is 0 Å². The second-order valence-corrected chi connectivity index (χ2v) is 13.9. The highest BCUT2D eigenvalue weighted by atomic mass is 28.4. The number of rotatable bonds is 3. The average molecular weight is 327 g/mol. The third-order valence-electron chi connectivity index (χ3n) is 6.75. The molecule has 0 spiro atoms. The fourth-order valence-electron chi connectivity index (χ4n) is 4.22. The SMILES string of the molecule is COC(=O)[C@H]1C[C@]2(C)CCCCC[C@]12O[Si](C)(C)C(C)(C)C. The zero-order valence-electron chi connectivity index (χ0n) is 15.5. The topological polar surface area (TPSA) is 35.5 Å². The fourth-order valence-corrected chi connectivity index (χ4v) is 5.92. The number of ether oxygens (including phenoxy) is 1. The van der Waals surface area contributed by atoms with E-state index in [-0.39, 0.29) is 27.9 Å². The molecule has 128 valence electrons. The van der Waals surface area contributed by atoms with Crippen molar-refractivity contribution in [1.29, 1.82) is 0 Å². The van der Waals surface area contributed by atoms with Crippen LogP contribution in [0, 0.1) is 11.3 Å². The monoisotopic (exact) mass is 326 g/mol. The Kier molecular flexibility index (Phi) is 4.60. The lowest BCUT2D eigenvalue weighted by molar-refractivity contribution is -0.216. The first kappa shape index (κ1) is 18.0. The Balaban J connectivity index is 2.39. The van der Waals surface area contributed by atoms with Crippen molar-refractivity contribution in [3.63, 3.8) is 0 Å². The van der Waals surface area contributed by atoms with Gasteiger partial charge in [-0.15, -0.1) is 0 Å². The fraction of sp³-hybridized carbons (Fsp3) is 0.944. The minimum absolute atomic E-state index is 0.0712. The van der Waals surface area contributed by atoms with E-state index in [1.807, 2.05) is 0 Å². The van der Waals surface area contributed by atoms with Crippen LogP contribution in [0.5, 0.6) is 0 Å². The lowest BCUT2D eigenvalue weighted by Gasteiger charge is -2.64. The number of carbonyl (C=O) groups is 1. The first-order valence-electron chi connectivity index (χ1n) is 8.77. The van der Waals surface area contributed by atoms with Crippen LogP contribution in [0.25, 0.3) is 0 Å². The lowest BCUT2D eigenvalue weighted by atomic mass is 9.49. The third-order valence-corrected chi connectivity index (χ3v) is 11.2. The predicted molar refractivity (Wildman–Crippen MR) is 92.3 cm³/mol. The highest BCUT2D eigenvalue weighted by Gasteiger charge is 2.68. The summed E-state index contributed by atoms with van der Waals surface area (Å²) in [6.45, 7) is 13.8. The standard InChI is InChI=1S/C18H34O3Si/c1-16(2,3)22(6,7)21-18-12-10-8-9-11-17(18,4)13-14(18)15(19)20-5/h14H,8-13H2,1-7H3/t14-,17+,18+/m1/s1. The Hall–Kier alpha value is -0.353. The van der Waals surface area contributed by atoms with Gasteiger partial charge in [0.05, 0.1) is 18.6 Å². The molecule has 4 heteroatoms. The zero-order chi connectivity index (χ0) is 16.8. The van der Waals surface area contributed by atoms with Gasteiger partial charge in [-0.2, -0.15) is 0 Å². The molecule has 0 heterocycles. The van der Waals surface area contributed by atoms with Crippen LogP contribution in [0.4, 0.5) is 0 Å². The number of methoxy groups -OCH3 is 1. The molecule has 0 amide bonds. The molecule has 0 aliphatic heterocycles. The molecule has 2 fully saturated rings. The van der Waals surface area contributed by atoms with E-state index in [0.717, 1.165) is 19.3 Å². The van der Waals surface area contributed by atoms with Crippen LogP contribution < -0.4 is 0 Å². The molecule has 0 bridgehead atoms. The van der Waals surface area contributed by atoms with E-state index in [4.69, 9.17) is 9.16 Å². The summed E-state index contributed by atoms with van der Waals surface area (Å²) in [7, 11) is -0.424. The summed E-state index contributed by atoms with van der Waals surface area (Å²) >= 11 is 0.